The molecule has 1 rings (SSSR count). The van der Waals surface area contributed by atoms with Gasteiger partial charge >= 0.3 is 0 Å². The fourth-order valence-corrected chi connectivity index (χ4v) is 2.69. The molecule has 0 aliphatic rings. The second-order valence-electron chi connectivity index (χ2n) is 6.52. The first-order valence-electron chi connectivity index (χ1n) is 8.46. The smallest absolute Gasteiger partial charge is 0.165 e. The molecule has 4 heteroatoms. The highest BCUT2D eigenvalue weighted by Crippen LogP contribution is 2.25. The lowest BCUT2D eigenvalue weighted by atomic mass is 9.86. The van der Waals surface area contributed by atoms with Crippen LogP contribution in [0.25, 0.3) is 6.08 Å². The number of aliphatic hydroxyl groups excluding tert-OH is 2. The monoisotopic (exact) mass is 336 g/mol. The largest absolute Gasteiger partial charge is 0.505 e. The average molecular weight is 336 g/mol. The van der Waals surface area contributed by atoms with E-state index < -0.39 is 18.0 Å². The van der Waals surface area contributed by atoms with Crippen LogP contribution in [0.1, 0.15) is 45.6 Å². The van der Waals surface area contributed by atoms with Gasteiger partial charge in [-0.15, -0.1) is 6.58 Å². The topological polar surface area (TPSA) is 60.7 Å². The highest BCUT2D eigenvalue weighted by molar-refractivity contribution is 5.54. The lowest BCUT2D eigenvalue weighted by molar-refractivity contribution is 0.00885. The van der Waals surface area contributed by atoms with Crippen molar-refractivity contribution < 1.29 is 19.7 Å². The molecule has 24 heavy (non-hydrogen) atoms. The van der Waals surface area contributed by atoms with Gasteiger partial charge in [0.2, 0.25) is 0 Å². The third-order valence-electron chi connectivity index (χ3n) is 4.35. The van der Waals surface area contributed by atoms with E-state index in [0.29, 0.717) is 18.4 Å². The Labute approximate surface area is 144 Å². The summed E-state index contributed by atoms with van der Waals surface area (Å²) >= 11 is 0. The molecule has 0 fully saturated rings. The summed E-state index contributed by atoms with van der Waals surface area (Å²) in [6.07, 6.45) is 4.11. The molecule has 1 aromatic carbocycles. The number of allylic oxidation sites excluding steroid dienone is 1. The fourth-order valence-electron chi connectivity index (χ4n) is 2.69. The number of benzene rings is 1. The number of rotatable bonds is 9. The van der Waals surface area contributed by atoms with Crippen LogP contribution in [0.4, 0.5) is 4.39 Å². The normalized spacial score (nSPS) is 16.0. The van der Waals surface area contributed by atoms with E-state index in [4.69, 9.17) is 0 Å². The molecule has 0 aliphatic heterocycles. The van der Waals surface area contributed by atoms with Gasteiger partial charge in [0.1, 0.15) is 0 Å². The molecule has 0 aromatic heterocycles. The Morgan fingerprint density at radius 3 is 2.46 bits per heavy atom. The van der Waals surface area contributed by atoms with Crippen molar-refractivity contribution in [2.24, 2.45) is 11.8 Å². The van der Waals surface area contributed by atoms with Crippen molar-refractivity contribution in [3.8, 4) is 5.75 Å². The Bertz CT molecular complexity index is 566. The first-order valence-corrected chi connectivity index (χ1v) is 8.46. The van der Waals surface area contributed by atoms with Crippen LogP contribution < -0.4 is 0 Å². The van der Waals surface area contributed by atoms with Gasteiger partial charge in [0, 0.05) is 5.92 Å². The van der Waals surface area contributed by atoms with Crippen molar-refractivity contribution in [1.82, 2.24) is 0 Å². The summed E-state index contributed by atoms with van der Waals surface area (Å²) in [5.41, 5.74) is 1.75. The Morgan fingerprint density at radius 1 is 1.29 bits per heavy atom. The van der Waals surface area contributed by atoms with Crippen molar-refractivity contribution in [3.05, 3.63) is 47.8 Å². The average Bonchev–Trinajstić information content (AvgIpc) is 2.55. The van der Waals surface area contributed by atoms with Crippen molar-refractivity contribution >= 4 is 6.08 Å². The maximum atomic E-state index is 13.4. The fraction of sp³-hybridized carbons (Fsp3) is 0.500. The van der Waals surface area contributed by atoms with Crippen molar-refractivity contribution in [3.63, 3.8) is 0 Å². The maximum absolute atomic E-state index is 13.4. The zero-order valence-electron chi connectivity index (χ0n) is 14.7. The Balaban J connectivity index is 2.76. The zero-order chi connectivity index (χ0) is 18.3. The van der Waals surface area contributed by atoms with Gasteiger partial charge in [-0.3, -0.25) is 0 Å². The molecule has 134 valence electrons. The highest BCUT2D eigenvalue weighted by Gasteiger charge is 2.26. The second kappa shape index (κ2) is 9.60. The number of aliphatic hydroxyl groups is 2. The molecule has 0 spiro atoms. The van der Waals surface area contributed by atoms with Gasteiger partial charge in [0.15, 0.2) is 11.6 Å². The molecule has 3 atom stereocenters. The summed E-state index contributed by atoms with van der Waals surface area (Å²) in [5, 5.41) is 29.8. The van der Waals surface area contributed by atoms with Gasteiger partial charge in [-0.1, -0.05) is 44.6 Å². The summed E-state index contributed by atoms with van der Waals surface area (Å²) < 4.78 is 13.4. The van der Waals surface area contributed by atoms with E-state index in [-0.39, 0.29) is 17.6 Å². The van der Waals surface area contributed by atoms with Crippen LogP contribution in [-0.4, -0.2) is 27.5 Å². The lowest BCUT2D eigenvalue weighted by Gasteiger charge is -2.27. The predicted molar refractivity (Wildman–Crippen MR) is 96.1 cm³/mol. The van der Waals surface area contributed by atoms with Crippen molar-refractivity contribution in [1.29, 1.82) is 0 Å². The summed E-state index contributed by atoms with van der Waals surface area (Å²) in [6.45, 7) is 9.54. The molecule has 0 bridgehead atoms. The molecule has 1 aromatic rings. The van der Waals surface area contributed by atoms with Gasteiger partial charge in [-0.05, 0) is 42.9 Å². The quantitative estimate of drug-likeness (QED) is 0.590. The van der Waals surface area contributed by atoms with Crippen LogP contribution >= 0.6 is 0 Å². The SMILES string of the molecule is C=C[C@H]([C@H](O)CC/C(=C/c1ccc(O)c(F)c1)CC)[C@H](O)C(C)C. The summed E-state index contributed by atoms with van der Waals surface area (Å²) in [6, 6.07) is 4.27. The first-order chi connectivity index (χ1) is 11.3. The van der Waals surface area contributed by atoms with E-state index in [1.54, 1.807) is 12.1 Å². The number of phenolic OH excluding ortho intramolecular Hbond substituents is 1. The number of hydrogen-bond acceptors (Lipinski definition) is 3. The number of phenols is 1. The van der Waals surface area contributed by atoms with E-state index >= 15 is 0 Å². The van der Waals surface area contributed by atoms with E-state index in [9.17, 15) is 19.7 Å². The minimum absolute atomic E-state index is 0.0452. The molecule has 0 radical (unpaired) electrons. The number of halogens is 1. The summed E-state index contributed by atoms with van der Waals surface area (Å²) in [7, 11) is 0. The standard InChI is InChI=1S/C20H29FO3/c1-5-14(11-15-8-10-19(23)17(21)12-15)7-9-18(22)16(6-2)20(24)13(3)4/h6,8,10-13,16,18,20,22-24H,2,5,7,9H2,1,3-4H3/b14-11+/t16-,18-,20-/m1/s1. The van der Waals surface area contributed by atoms with Gasteiger partial charge in [0.25, 0.3) is 0 Å². The summed E-state index contributed by atoms with van der Waals surface area (Å²) in [4.78, 5) is 0. The molecule has 3 nitrogen and oxygen atoms in total. The molecular weight excluding hydrogens is 307 g/mol. The van der Waals surface area contributed by atoms with E-state index in [2.05, 4.69) is 6.58 Å². The minimum Gasteiger partial charge on any atom is -0.505 e. The predicted octanol–water partition coefficient (Wildman–Crippen LogP) is 4.28. The number of aromatic hydroxyl groups is 1. The van der Waals surface area contributed by atoms with Crippen LogP contribution in [0.15, 0.2) is 36.4 Å². The Hall–Kier alpha value is -1.65. The van der Waals surface area contributed by atoms with Crippen LogP contribution in [0.3, 0.4) is 0 Å². The second-order valence-corrected chi connectivity index (χ2v) is 6.52. The van der Waals surface area contributed by atoms with Gasteiger partial charge in [0.05, 0.1) is 12.2 Å². The van der Waals surface area contributed by atoms with E-state index in [1.165, 1.54) is 12.1 Å². The van der Waals surface area contributed by atoms with Crippen LogP contribution in [-0.2, 0) is 0 Å². The van der Waals surface area contributed by atoms with Gasteiger partial charge < -0.3 is 15.3 Å². The molecule has 0 saturated carbocycles. The van der Waals surface area contributed by atoms with Crippen LogP contribution in [0, 0.1) is 17.7 Å². The van der Waals surface area contributed by atoms with Crippen molar-refractivity contribution in [2.75, 3.05) is 0 Å². The Kier molecular flexibility index (Phi) is 8.16. The number of hydrogen-bond donors (Lipinski definition) is 3. The molecule has 0 amide bonds. The minimum atomic E-state index is -0.675. The third kappa shape index (κ3) is 5.77. The molecule has 0 aliphatic carbocycles. The highest BCUT2D eigenvalue weighted by atomic mass is 19.1. The molecule has 0 unspecified atom stereocenters. The van der Waals surface area contributed by atoms with Crippen LogP contribution in [0.2, 0.25) is 0 Å². The van der Waals surface area contributed by atoms with Gasteiger partial charge in [-0.2, -0.15) is 0 Å². The van der Waals surface area contributed by atoms with Crippen molar-refractivity contribution in [2.45, 2.75) is 52.2 Å². The molecular formula is C20H29FO3. The first kappa shape index (κ1) is 20.4. The zero-order valence-corrected chi connectivity index (χ0v) is 14.7. The molecule has 0 heterocycles. The van der Waals surface area contributed by atoms with Gasteiger partial charge in [-0.25, -0.2) is 4.39 Å². The van der Waals surface area contributed by atoms with E-state index in [1.807, 2.05) is 26.8 Å². The third-order valence-corrected chi connectivity index (χ3v) is 4.35. The van der Waals surface area contributed by atoms with Crippen LogP contribution in [0.5, 0.6) is 5.75 Å². The molecule has 0 saturated heterocycles. The summed E-state index contributed by atoms with van der Waals surface area (Å²) in [5.74, 6) is -1.33. The lowest BCUT2D eigenvalue weighted by Crippen LogP contribution is -2.33. The van der Waals surface area contributed by atoms with E-state index in [0.717, 1.165) is 12.0 Å². The molecule has 3 N–H and O–H groups in total. The maximum Gasteiger partial charge on any atom is 0.165 e. The Morgan fingerprint density at radius 2 is 1.96 bits per heavy atom.